The van der Waals surface area contributed by atoms with Crippen LogP contribution in [0.25, 0.3) is 0 Å². The highest BCUT2D eigenvalue weighted by atomic mass is 16.3. The van der Waals surface area contributed by atoms with Gasteiger partial charge in [-0.3, -0.25) is 4.79 Å². The molecule has 0 amide bonds. The van der Waals surface area contributed by atoms with E-state index in [2.05, 4.69) is 0 Å². The van der Waals surface area contributed by atoms with Crippen LogP contribution < -0.4 is 0 Å². The lowest BCUT2D eigenvalue weighted by Gasteiger charge is -1.98. The molecule has 14 heavy (non-hydrogen) atoms. The van der Waals surface area contributed by atoms with Crippen LogP contribution in [0.3, 0.4) is 0 Å². The zero-order valence-corrected chi connectivity index (χ0v) is 8.32. The Hall–Kier alpha value is -1.05. The number of hydrogen-bond acceptors (Lipinski definition) is 2. The summed E-state index contributed by atoms with van der Waals surface area (Å²) in [6.07, 6.45) is 3.82. The molecule has 2 aliphatic rings. The van der Waals surface area contributed by atoms with E-state index in [9.17, 15) is 4.79 Å². The minimum Gasteiger partial charge on any atom is -0.458 e. The number of Topliss-reactive ketones (excluding diaryl/α,β-unsaturated/α-hetero) is 1. The van der Waals surface area contributed by atoms with Gasteiger partial charge in [-0.05, 0) is 43.7 Å². The molecule has 0 bridgehead atoms. The van der Waals surface area contributed by atoms with Gasteiger partial charge in [-0.1, -0.05) is 6.42 Å². The molecule has 1 heterocycles. The molecule has 2 nitrogen and oxygen atoms in total. The molecule has 0 aromatic carbocycles. The van der Waals surface area contributed by atoms with E-state index in [1.165, 1.54) is 19.3 Å². The van der Waals surface area contributed by atoms with Crippen molar-refractivity contribution in [3.63, 3.8) is 0 Å². The molecule has 74 valence electrons. The van der Waals surface area contributed by atoms with Crippen molar-refractivity contribution < 1.29 is 9.21 Å². The summed E-state index contributed by atoms with van der Waals surface area (Å²) in [4.78, 5) is 11.9. The number of aryl methyl sites for hydroxylation is 1. The Bertz CT molecular complexity index is 367. The van der Waals surface area contributed by atoms with E-state index in [0.717, 1.165) is 5.76 Å². The molecule has 0 aliphatic heterocycles. The molecular weight excluding hydrogens is 176 g/mol. The number of furan rings is 1. The summed E-state index contributed by atoms with van der Waals surface area (Å²) >= 11 is 0. The zero-order chi connectivity index (χ0) is 9.71. The van der Waals surface area contributed by atoms with Gasteiger partial charge in [0.25, 0.3) is 0 Å². The third-order valence-corrected chi connectivity index (χ3v) is 3.69. The second-order valence-corrected chi connectivity index (χ2v) is 4.56. The number of carbonyl (C=O) groups is 1. The number of fused-ring (bicyclic) bond motifs is 1. The Labute approximate surface area is 83.3 Å². The lowest BCUT2D eigenvalue weighted by Crippen LogP contribution is -2.04. The van der Waals surface area contributed by atoms with Crippen LogP contribution in [0, 0.1) is 24.7 Å². The molecular formula is C12H14O2. The van der Waals surface area contributed by atoms with Crippen molar-refractivity contribution in [2.24, 2.45) is 17.8 Å². The summed E-state index contributed by atoms with van der Waals surface area (Å²) in [5, 5.41) is 0. The van der Waals surface area contributed by atoms with E-state index < -0.39 is 0 Å². The molecule has 3 rings (SSSR count). The van der Waals surface area contributed by atoms with Crippen molar-refractivity contribution in [1.82, 2.24) is 0 Å². The van der Waals surface area contributed by atoms with Crippen LogP contribution in [0.5, 0.6) is 0 Å². The number of hydrogen-bond donors (Lipinski definition) is 0. The average Bonchev–Trinajstić information content (AvgIpc) is 2.56. The number of rotatable bonds is 2. The molecule has 2 unspecified atom stereocenters. The van der Waals surface area contributed by atoms with Crippen LogP contribution in [0.2, 0.25) is 0 Å². The zero-order valence-electron chi connectivity index (χ0n) is 8.32. The van der Waals surface area contributed by atoms with Crippen molar-refractivity contribution in [3.05, 3.63) is 23.7 Å². The second-order valence-electron chi connectivity index (χ2n) is 4.56. The maximum absolute atomic E-state index is 11.9. The van der Waals surface area contributed by atoms with Crippen molar-refractivity contribution in [3.8, 4) is 0 Å². The Balaban J connectivity index is 1.78. The van der Waals surface area contributed by atoms with E-state index in [-0.39, 0.29) is 5.78 Å². The Morgan fingerprint density at radius 3 is 2.64 bits per heavy atom. The van der Waals surface area contributed by atoms with Gasteiger partial charge >= 0.3 is 0 Å². The SMILES string of the molecule is Cc1ccc(C(=O)C2C3CCCC32)o1. The second kappa shape index (κ2) is 2.72. The Kier molecular flexibility index (Phi) is 1.61. The molecule has 0 saturated heterocycles. The van der Waals surface area contributed by atoms with Crippen LogP contribution in [0.1, 0.15) is 35.6 Å². The highest BCUT2D eigenvalue weighted by Gasteiger charge is 2.56. The lowest BCUT2D eigenvalue weighted by molar-refractivity contribution is 0.0922. The smallest absolute Gasteiger partial charge is 0.201 e. The summed E-state index contributed by atoms with van der Waals surface area (Å²) in [5.41, 5.74) is 0. The predicted molar refractivity (Wildman–Crippen MR) is 52.1 cm³/mol. The van der Waals surface area contributed by atoms with E-state index in [4.69, 9.17) is 4.42 Å². The van der Waals surface area contributed by atoms with Crippen LogP contribution >= 0.6 is 0 Å². The minimum absolute atomic E-state index is 0.243. The topological polar surface area (TPSA) is 30.2 Å². The van der Waals surface area contributed by atoms with Crippen LogP contribution in [-0.2, 0) is 0 Å². The van der Waals surface area contributed by atoms with Crippen molar-refractivity contribution in [2.75, 3.05) is 0 Å². The quantitative estimate of drug-likeness (QED) is 0.671. The molecule has 0 radical (unpaired) electrons. The van der Waals surface area contributed by atoms with Crippen LogP contribution in [0.15, 0.2) is 16.5 Å². The molecule has 1 aromatic heterocycles. The van der Waals surface area contributed by atoms with Gasteiger partial charge in [-0.2, -0.15) is 0 Å². The summed E-state index contributed by atoms with van der Waals surface area (Å²) in [5.74, 6) is 3.32. The Morgan fingerprint density at radius 2 is 2.07 bits per heavy atom. The van der Waals surface area contributed by atoms with Gasteiger partial charge in [0.15, 0.2) is 5.76 Å². The largest absolute Gasteiger partial charge is 0.458 e. The van der Waals surface area contributed by atoms with Gasteiger partial charge in [0, 0.05) is 5.92 Å². The molecule has 0 spiro atoms. The van der Waals surface area contributed by atoms with E-state index in [1.807, 2.05) is 19.1 Å². The number of carbonyl (C=O) groups excluding carboxylic acids is 1. The van der Waals surface area contributed by atoms with Crippen molar-refractivity contribution in [2.45, 2.75) is 26.2 Å². The molecule has 1 aromatic rings. The molecule has 2 aliphatic carbocycles. The standard InChI is InChI=1S/C12H14O2/c1-7-5-6-10(14-7)12(13)11-8-3-2-4-9(8)11/h5-6,8-9,11H,2-4H2,1H3. The molecule has 2 saturated carbocycles. The molecule has 2 atom stereocenters. The first-order valence-corrected chi connectivity index (χ1v) is 5.38. The monoisotopic (exact) mass is 190 g/mol. The van der Waals surface area contributed by atoms with Gasteiger partial charge in [0.05, 0.1) is 0 Å². The average molecular weight is 190 g/mol. The fourth-order valence-corrected chi connectivity index (χ4v) is 2.94. The van der Waals surface area contributed by atoms with Crippen molar-refractivity contribution >= 4 is 5.78 Å². The summed E-state index contributed by atoms with van der Waals surface area (Å²) in [6.45, 7) is 1.88. The van der Waals surface area contributed by atoms with Gasteiger partial charge in [0.2, 0.25) is 5.78 Å². The third kappa shape index (κ3) is 1.06. The first kappa shape index (κ1) is 8.27. The summed E-state index contributed by atoms with van der Waals surface area (Å²) in [7, 11) is 0. The van der Waals surface area contributed by atoms with E-state index in [0.29, 0.717) is 23.5 Å². The van der Waals surface area contributed by atoms with Gasteiger partial charge in [-0.25, -0.2) is 0 Å². The van der Waals surface area contributed by atoms with Gasteiger partial charge < -0.3 is 4.42 Å². The van der Waals surface area contributed by atoms with Crippen molar-refractivity contribution in [1.29, 1.82) is 0 Å². The fourth-order valence-electron chi connectivity index (χ4n) is 2.94. The predicted octanol–water partition coefficient (Wildman–Crippen LogP) is 2.82. The molecule has 2 fully saturated rings. The van der Waals surface area contributed by atoms with E-state index in [1.54, 1.807) is 0 Å². The van der Waals surface area contributed by atoms with E-state index >= 15 is 0 Å². The number of ketones is 1. The Morgan fingerprint density at radius 1 is 1.36 bits per heavy atom. The molecule has 0 N–H and O–H groups in total. The van der Waals surface area contributed by atoms with Gasteiger partial charge in [-0.15, -0.1) is 0 Å². The van der Waals surface area contributed by atoms with Crippen LogP contribution in [-0.4, -0.2) is 5.78 Å². The summed E-state index contributed by atoms with van der Waals surface area (Å²) in [6, 6.07) is 3.68. The van der Waals surface area contributed by atoms with Crippen LogP contribution in [0.4, 0.5) is 0 Å². The highest BCUT2D eigenvalue weighted by molar-refractivity contribution is 5.97. The fraction of sp³-hybridized carbons (Fsp3) is 0.583. The van der Waals surface area contributed by atoms with Gasteiger partial charge in [0.1, 0.15) is 5.76 Å². The maximum Gasteiger partial charge on any atom is 0.201 e. The minimum atomic E-state index is 0.243. The maximum atomic E-state index is 11.9. The third-order valence-electron chi connectivity index (χ3n) is 3.69. The first-order chi connectivity index (χ1) is 6.77. The summed E-state index contributed by atoms with van der Waals surface area (Å²) < 4.78 is 5.36. The lowest BCUT2D eigenvalue weighted by atomic mass is 10.1. The highest BCUT2D eigenvalue weighted by Crippen LogP contribution is 2.58. The molecule has 2 heteroatoms. The normalized spacial score (nSPS) is 34.2. The first-order valence-electron chi connectivity index (χ1n) is 5.38.